The van der Waals surface area contributed by atoms with Crippen molar-refractivity contribution >= 4 is 6.03 Å². The van der Waals surface area contributed by atoms with Crippen molar-refractivity contribution in [3.05, 3.63) is 23.3 Å². The summed E-state index contributed by atoms with van der Waals surface area (Å²) in [7, 11) is 0. The number of likely N-dealkylation sites (tertiary alicyclic amines) is 1. The molecule has 0 radical (unpaired) electrons. The Kier molecular flexibility index (Phi) is 4.50. The van der Waals surface area contributed by atoms with Gasteiger partial charge in [0.15, 0.2) is 0 Å². The highest BCUT2D eigenvalue weighted by Crippen LogP contribution is 2.34. The minimum atomic E-state index is -0.223. The zero-order chi connectivity index (χ0) is 16.4. The van der Waals surface area contributed by atoms with E-state index in [1.165, 1.54) is 0 Å². The van der Waals surface area contributed by atoms with Crippen LogP contribution in [0.15, 0.2) is 6.20 Å². The van der Waals surface area contributed by atoms with Crippen molar-refractivity contribution < 1.29 is 14.6 Å². The number of aromatic nitrogens is 2. The summed E-state index contributed by atoms with van der Waals surface area (Å²) in [5.41, 5.74) is 1.82. The fraction of sp³-hybridized carbons (Fsp3) is 0.688. The molecule has 0 spiro atoms. The average molecular weight is 320 g/mol. The fourth-order valence-corrected chi connectivity index (χ4v) is 3.09. The molecule has 7 nitrogen and oxygen atoms in total. The minimum Gasteiger partial charge on any atom is -0.396 e. The normalized spacial score (nSPS) is 26.9. The van der Waals surface area contributed by atoms with E-state index in [9.17, 15) is 9.90 Å². The van der Waals surface area contributed by atoms with E-state index in [1.54, 1.807) is 11.1 Å². The van der Waals surface area contributed by atoms with Crippen molar-refractivity contribution in [3.63, 3.8) is 0 Å². The average Bonchev–Trinajstić information content (AvgIpc) is 2.88. The first-order valence-electron chi connectivity index (χ1n) is 8.07. The van der Waals surface area contributed by atoms with Gasteiger partial charge in [-0.3, -0.25) is 0 Å². The molecule has 2 aliphatic heterocycles. The molecule has 0 aliphatic carbocycles. The van der Waals surface area contributed by atoms with Gasteiger partial charge in [0.1, 0.15) is 5.82 Å². The van der Waals surface area contributed by atoms with E-state index < -0.39 is 0 Å². The van der Waals surface area contributed by atoms with Crippen LogP contribution in [0.25, 0.3) is 0 Å². The number of hydrogen-bond donors (Lipinski definition) is 2. The summed E-state index contributed by atoms with van der Waals surface area (Å²) in [5, 5.41) is 12.4. The van der Waals surface area contributed by atoms with Crippen LogP contribution >= 0.6 is 0 Å². The van der Waals surface area contributed by atoms with Crippen molar-refractivity contribution in [2.24, 2.45) is 11.3 Å². The number of fused-ring (bicyclic) bond motifs is 1. The van der Waals surface area contributed by atoms with Crippen molar-refractivity contribution in [2.75, 3.05) is 26.3 Å². The predicted molar refractivity (Wildman–Crippen MR) is 83.6 cm³/mol. The number of carbonyl (C=O) groups excluding carboxylic acids is 1. The van der Waals surface area contributed by atoms with Crippen molar-refractivity contribution in [1.82, 2.24) is 20.2 Å². The summed E-state index contributed by atoms with van der Waals surface area (Å²) in [6.07, 6.45) is 2.57. The molecule has 2 unspecified atom stereocenters. The first kappa shape index (κ1) is 16.1. The van der Waals surface area contributed by atoms with Gasteiger partial charge in [-0.15, -0.1) is 0 Å². The van der Waals surface area contributed by atoms with Crippen LogP contribution < -0.4 is 5.32 Å². The molecule has 3 heterocycles. The lowest BCUT2D eigenvalue weighted by atomic mass is 9.82. The Bertz CT molecular complexity index is 595. The Balaban J connectivity index is 1.57. The van der Waals surface area contributed by atoms with Crippen LogP contribution in [0.2, 0.25) is 0 Å². The van der Waals surface area contributed by atoms with Crippen molar-refractivity contribution in [2.45, 2.75) is 33.4 Å². The van der Waals surface area contributed by atoms with Crippen LogP contribution in [0, 0.1) is 11.3 Å². The summed E-state index contributed by atoms with van der Waals surface area (Å²) < 4.78 is 5.36. The number of aliphatic hydroxyl groups excluding tert-OH is 1. The third kappa shape index (κ3) is 3.30. The molecule has 23 heavy (non-hydrogen) atoms. The van der Waals surface area contributed by atoms with E-state index in [0.717, 1.165) is 17.7 Å². The zero-order valence-electron chi connectivity index (χ0n) is 13.7. The van der Waals surface area contributed by atoms with Crippen LogP contribution in [0.3, 0.4) is 0 Å². The lowest BCUT2D eigenvalue weighted by molar-refractivity contribution is 0.108. The molecule has 3 rings (SSSR count). The summed E-state index contributed by atoms with van der Waals surface area (Å²) in [5.74, 6) is 0.898. The standard InChI is InChI=1S/C16H24N4O3/c1-11-7-20(9-16(11,2)10-21)15(22)18-6-14-17-5-12-8-23-4-3-13(12)19-14/h5,11,21H,3-4,6-10H2,1-2H3,(H,18,22). The van der Waals surface area contributed by atoms with Crippen LogP contribution in [-0.4, -0.2) is 52.3 Å². The van der Waals surface area contributed by atoms with E-state index in [0.29, 0.717) is 38.7 Å². The molecular formula is C16H24N4O3. The van der Waals surface area contributed by atoms with E-state index in [1.807, 2.05) is 6.92 Å². The van der Waals surface area contributed by atoms with Gasteiger partial charge in [0.05, 0.1) is 32.1 Å². The van der Waals surface area contributed by atoms with Crippen LogP contribution in [0.5, 0.6) is 0 Å². The molecule has 0 bridgehead atoms. The molecule has 7 heteroatoms. The highest BCUT2D eigenvalue weighted by molar-refractivity contribution is 5.74. The molecule has 2 amide bonds. The third-order valence-corrected chi connectivity index (χ3v) is 5.03. The molecule has 2 atom stereocenters. The molecule has 126 valence electrons. The molecule has 2 N–H and O–H groups in total. The Labute approximate surface area is 136 Å². The topological polar surface area (TPSA) is 87.6 Å². The van der Waals surface area contributed by atoms with E-state index in [2.05, 4.69) is 22.2 Å². The van der Waals surface area contributed by atoms with Gasteiger partial charge in [-0.1, -0.05) is 13.8 Å². The van der Waals surface area contributed by atoms with Gasteiger partial charge in [0, 0.05) is 36.7 Å². The van der Waals surface area contributed by atoms with Crippen molar-refractivity contribution in [3.8, 4) is 0 Å². The van der Waals surface area contributed by atoms with Crippen LogP contribution in [0.1, 0.15) is 30.9 Å². The second kappa shape index (κ2) is 6.41. The molecule has 1 aromatic rings. The Morgan fingerprint density at radius 2 is 2.43 bits per heavy atom. The summed E-state index contributed by atoms with van der Waals surface area (Å²) in [6.45, 7) is 6.96. The van der Waals surface area contributed by atoms with E-state index >= 15 is 0 Å². The highest BCUT2D eigenvalue weighted by Gasteiger charge is 2.41. The summed E-state index contributed by atoms with van der Waals surface area (Å²) in [6, 6.07) is -0.126. The maximum absolute atomic E-state index is 12.3. The van der Waals surface area contributed by atoms with Gasteiger partial charge in [-0.05, 0) is 5.92 Å². The number of nitrogens with one attached hydrogen (secondary N) is 1. The van der Waals surface area contributed by atoms with Gasteiger partial charge < -0.3 is 20.1 Å². The summed E-state index contributed by atoms with van der Waals surface area (Å²) in [4.78, 5) is 22.9. The number of carbonyl (C=O) groups is 1. The lowest BCUT2D eigenvalue weighted by Crippen LogP contribution is -2.40. The SMILES string of the molecule is CC1CN(C(=O)NCc2ncc3c(n2)CCOC3)CC1(C)CO. The Hall–Kier alpha value is -1.73. The Morgan fingerprint density at radius 1 is 1.61 bits per heavy atom. The summed E-state index contributed by atoms with van der Waals surface area (Å²) >= 11 is 0. The number of amides is 2. The highest BCUT2D eigenvalue weighted by atomic mass is 16.5. The second-order valence-corrected chi connectivity index (χ2v) is 6.81. The number of aliphatic hydroxyl groups is 1. The third-order valence-electron chi connectivity index (χ3n) is 5.03. The van der Waals surface area contributed by atoms with E-state index in [-0.39, 0.29) is 24.0 Å². The molecule has 1 fully saturated rings. The number of nitrogens with zero attached hydrogens (tertiary/aromatic N) is 3. The van der Waals surface area contributed by atoms with Crippen LogP contribution in [0.4, 0.5) is 4.79 Å². The monoisotopic (exact) mass is 320 g/mol. The van der Waals surface area contributed by atoms with Gasteiger partial charge in [0.2, 0.25) is 0 Å². The number of hydrogen-bond acceptors (Lipinski definition) is 5. The lowest BCUT2D eigenvalue weighted by Gasteiger charge is -2.25. The van der Waals surface area contributed by atoms with Gasteiger partial charge in [-0.25, -0.2) is 14.8 Å². The molecule has 0 saturated carbocycles. The minimum absolute atomic E-state index is 0.0912. The van der Waals surface area contributed by atoms with Gasteiger partial charge in [-0.2, -0.15) is 0 Å². The first-order chi connectivity index (χ1) is 11.0. The quantitative estimate of drug-likeness (QED) is 0.856. The molecule has 1 saturated heterocycles. The molecule has 0 aromatic carbocycles. The second-order valence-electron chi connectivity index (χ2n) is 6.81. The maximum atomic E-state index is 12.3. The zero-order valence-corrected chi connectivity index (χ0v) is 13.7. The molecule has 1 aromatic heterocycles. The predicted octanol–water partition coefficient (Wildman–Crippen LogP) is 0.709. The number of rotatable bonds is 3. The van der Waals surface area contributed by atoms with Gasteiger partial charge in [0.25, 0.3) is 0 Å². The number of ether oxygens (including phenoxy) is 1. The van der Waals surface area contributed by atoms with Gasteiger partial charge >= 0.3 is 6.03 Å². The first-order valence-corrected chi connectivity index (χ1v) is 8.07. The smallest absolute Gasteiger partial charge is 0.317 e. The fourth-order valence-electron chi connectivity index (χ4n) is 3.09. The van der Waals surface area contributed by atoms with E-state index in [4.69, 9.17) is 4.74 Å². The largest absolute Gasteiger partial charge is 0.396 e. The maximum Gasteiger partial charge on any atom is 0.317 e. The molecular weight excluding hydrogens is 296 g/mol. The Morgan fingerprint density at radius 3 is 3.17 bits per heavy atom. The van der Waals surface area contributed by atoms with Crippen molar-refractivity contribution in [1.29, 1.82) is 0 Å². The van der Waals surface area contributed by atoms with Crippen LogP contribution in [-0.2, 0) is 24.3 Å². The number of urea groups is 1. The molecule has 2 aliphatic rings.